The first-order valence-corrected chi connectivity index (χ1v) is 14.8. The monoisotopic (exact) mass is 566 g/mol. The van der Waals surface area contributed by atoms with E-state index in [-0.39, 0.29) is 0 Å². The van der Waals surface area contributed by atoms with Crippen LogP contribution in [0.3, 0.4) is 0 Å². The molecule has 0 aromatic rings. The summed E-state index contributed by atoms with van der Waals surface area (Å²) in [5.74, 6) is 0.580. The van der Waals surface area contributed by atoms with Crippen molar-refractivity contribution < 1.29 is 9.48 Å². The molecule has 3 rings (SSSR count). The zero-order valence-corrected chi connectivity index (χ0v) is 26.7. The Balaban J connectivity index is 1.67. The van der Waals surface area contributed by atoms with Crippen molar-refractivity contribution in [1.29, 1.82) is 0 Å². The Morgan fingerprint density at radius 3 is 1.15 bits per heavy atom. The van der Waals surface area contributed by atoms with Crippen molar-refractivity contribution in [3.63, 3.8) is 0 Å². The molecule has 40 heavy (non-hydrogen) atoms. The molecule has 1 fully saturated rings. The third-order valence-electron chi connectivity index (χ3n) is 10.3. The summed E-state index contributed by atoms with van der Waals surface area (Å²) in [7, 11) is 4.18. The molecule has 232 valence electrons. The van der Waals surface area contributed by atoms with Crippen molar-refractivity contribution in [3.05, 3.63) is 20.8 Å². The first-order valence-electron chi connectivity index (χ1n) is 14.8. The van der Waals surface area contributed by atoms with Crippen LogP contribution in [0.5, 0.6) is 0 Å². The second-order valence-electron chi connectivity index (χ2n) is 14.1. The molecule has 0 aliphatic carbocycles. The first-order chi connectivity index (χ1) is 18.4. The van der Waals surface area contributed by atoms with Crippen LogP contribution < -0.4 is 0 Å². The van der Waals surface area contributed by atoms with E-state index < -0.39 is 22.2 Å². The van der Waals surface area contributed by atoms with Gasteiger partial charge in [0.05, 0.1) is 0 Å². The standard InChI is InChI=1S/C28H54N8O4/c1-25(2)26(3,4)34(38)23(33(25)37)21-31-15-11-13-30(10)18-20-32(16-12-14-29(9)17-19-31)22-24-35(39)27(5,6)28(7,8)36(24)40/h11-22H2,1-10H3/q-2. The average molecular weight is 567 g/mol. The third kappa shape index (κ3) is 6.07. The highest BCUT2D eigenvalue weighted by atomic mass is 16.5. The molecule has 0 aromatic heterocycles. The van der Waals surface area contributed by atoms with Crippen LogP contribution in [0.1, 0.15) is 68.2 Å². The number of rotatable bonds is 4. The van der Waals surface area contributed by atoms with E-state index in [4.69, 9.17) is 0 Å². The Hall–Kier alpha value is -1.70. The summed E-state index contributed by atoms with van der Waals surface area (Å²) in [6.45, 7) is 21.8. The van der Waals surface area contributed by atoms with Crippen LogP contribution in [0, 0.1) is 20.8 Å². The summed E-state index contributed by atoms with van der Waals surface area (Å²) in [5, 5.41) is 54.3. The summed E-state index contributed by atoms with van der Waals surface area (Å²) in [6, 6.07) is 0. The van der Waals surface area contributed by atoms with Crippen LogP contribution in [0.4, 0.5) is 0 Å². The molecule has 0 aromatic carbocycles. The molecule has 3 heterocycles. The second kappa shape index (κ2) is 11.9. The fraction of sp³-hybridized carbons (Fsp3) is 0.929. The maximum absolute atomic E-state index is 13.1. The van der Waals surface area contributed by atoms with E-state index in [0.29, 0.717) is 24.8 Å². The quantitative estimate of drug-likeness (QED) is 0.368. The van der Waals surface area contributed by atoms with Crippen LogP contribution in [-0.2, 0) is 0 Å². The Labute approximate surface area is 241 Å². The number of likely N-dealkylation sites (N-methyl/N-ethyl adjacent to an activating group) is 2. The number of nitrogens with zero attached hydrogens (tertiary/aromatic N) is 8. The predicted octanol–water partition coefficient (Wildman–Crippen LogP) is 1.81. The number of hydrogen-bond donors (Lipinski definition) is 0. The Bertz CT molecular complexity index is 888. The van der Waals surface area contributed by atoms with Crippen molar-refractivity contribution in [2.45, 2.75) is 90.4 Å². The Morgan fingerprint density at radius 1 is 0.550 bits per heavy atom. The van der Waals surface area contributed by atoms with Crippen LogP contribution in [-0.4, -0.2) is 153 Å². The zero-order chi connectivity index (χ0) is 30.3. The molecule has 12 heteroatoms. The van der Waals surface area contributed by atoms with E-state index in [0.717, 1.165) is 84.8 Å². The van der Waals surface area contributed by atoms with Gasteiger partial charge in [-0.2, -0.15) is 0 Å². The lowest BCUT2D eigenvalue weighted by Gasteiger charge is -2.39. The van der Waals surface area contributed by atoms with E-state index in [1.54, 1.807) is 0 Å². The lowest BCUT2D eigenvalue weighted by atomic mass is 9.84. The zero-order valence-electron chi connectivity index (χ0n) is 26.7. The molecular weight excluding hydrogens is 512 g/mol. The van der Waals surface area contributed by atoms with Gasteiger partial charge in [0.2, 0.25) is 0 Å². The summed E-state index contributed by atoms with van der Waals surface area (Å²) >= 11 is 0. The molecule has 0 N–H and O–H groups in total. The molecule has 3 aliphatic rings. The van der Waals surface area contributed by atoms with Gasteiger partial charge in [0.25, 0.3) is 11.7 Å². The molecular formula is C28H54N8O4-2. The van der Waals surface area contributed by atoms with Crippen molar-refractivity contribution in [2.24, 2.45) is 0 Å². The summed E-state index contributed by atoms with van der Waals surface area (Å²) in [6.07, 6.45) is 1.81. The molecule has 0 bridgehead atoms. The fourth-order valence-electron chi connectivity index (χ4n) is 5.62. The molecule has 0 unspecified atom stereocenters. The van der Waals surface area contributed by atoms with E-state index >= 15 is 0 Å². The highest BCUT2D eigenvalue weighted by Crippen LogP contribution is 2.37. The van der Waals surface area contributed by atoms with Crippen molar-refractivity contribution in [1.82, 2.24) is 29.7 Å². The van der Waals surface area contributed by atoms with Gasteiger partial charge in [-0.15, -0.1) is 0 Å². The number of hydroxylamine groups is 6. The Kier molecular flexibility index (Phi) is 9.75. The van der Waals surface area contributed by atoms with Crippen LogP contribution in [0.2, 0.25) is 0 Å². The topological polar surface area (TPSA) is 118 Å². The highest BCUT2D eigenvalue weighted by Gasteiger charge is 2.55. The second-order valence-corrected chi connectivity index (χ2v) is 14.1. The largest absolute Gasteiger partial charge is 0.715 e. The van der Waals surface area contributed by atoms with E-state index in [2.05, 4.69) is 33.7 Å². The van der Waals surface area contributed by atoms with E-state index in [1.807, 2.05) is 55.4 Å². The Morgan fingerprint density at radius 2 is 0.875 bits per heavy atom. The minimum absolute atomic E-state index is 0.290. The van der Waals surface area contributed by atoms with Crippen molar-refractivity contribution >= 4 is 11.7 Å². The number of amidine groups is 2. The predicted molar refractivity (Wildman–Crippen MR) is 161 cm³/mol. The normalized spacial score (nSPS) is 28.0. The van der Waals surface area contributed by atoms with Gasteiger partial charge in [-0.05, 0) is 95.4 Å². The summed E-state index contributed by atoms with van der Waals surface area (Å²) in [5.41, 5.74) is -3.21. The maximum Gasteiger partial charge on any atom is 0.261 e. The minimum Gasteiger partial charge on any atom is -0.715 e. The van der Waals surface area contributed by atoms with Gasteiger partial charge >= 0.3 is 0 Å². The van der Waals surface area contributed by atoms with Crippen molar-refractivity contribution in [2.75, 3.05) is 79.5 Å². The van der Waals surface area contributed by atoms with E-state index in [9.17, 15) is 20.8 Å². The molecule has 0 amide bonds. The smallest absolute Gasteiger partial charge is 0.261 e. The molecule has 0 radical (unpaired) electrons. The van der Waals surface area contributed by atoms with Gasteiger partial charge in [-0.25, -0.2) is 0 Å². The van der Waals surface area contributed by atoms with Gasteiger partial charge in [0, 0.05) is 39.3 Å². The highest BCUT2D eigenvalue weighted by molar-refractivity contribution is 5.83. The van der Waals surface area contributed by atoms with Gasteiger partial charge in [0.15, 0.2) is 0 Å². The lowest BCUT2D eigenvalue weighted by Crippen LogP contribution is -2.53. The summed E-state index contributed by atoms with van der Waals surface area (Å²) in [4.78, 5) is 9.01. The maximum atomic E-state index is 13.1. The van der Waals surface area contributed by atoms with Gasteiger partial charge in [0.1, 0.15) is 35.2 Å². The molecule has 1 saturated heterocycles. The van der Waals surface area contributed by atoms with Crippen molar-refractivity contribution in [3.8, 4) is 0 Å². The van der Waals surface area contributed by atoms with Crippen LogP contribution in [0.25, 0.3) is 0 Å². The third-order valence-corrected chi connectivity index (χ3v) is 10.3. The SMILES string of the molecule is CN1CCCN(CC2=[N+]([O-])C(C)(C)C(C)(C)N2[O-])CCN(C)CCCN(CC2=[N+]([O-])C(C)(C)C(C)(C)N2[O-])CC1. The van der Waals surface area contributed by atoms with Gasteiger partial charge < -0.3 is 40.8 Å². The summed E-state index contributed by atoms with van der Waals surface area (Å²) < 4.78 is 1.85. The molecule has 12 nitrogen and oxygen atoms in total. The first kappa shape index (κ1) is 32.8. The van der Waals surface area contributed by atoms with E-state index in [1.165, 1.54) is 0 Å². The van der Waals surface area contributed by atoms with Crippen LogP contribution in [0.15, 0.2) is 0 Å². The van der Waals surface area contributed by atoms with Gasteiger partial charge in [-0.1, -0.05) is 0 Å². The average Bonchev–Trinajstić information content (AvgIpc) is 3.05. The fourth-order valence-corrected chi connectivity index (χ4v) is 5.62. The molecule has 0 spiro atoms. The number of hydrogen-bond acceptors (Lipinski definition) is 10. The van der Waals surface area contributed by atoms with Crippen LogP contribution >= 0.6 is 0 Å². The van der Waals surface area contributed by atoms with Gasteiger partial charge in [-0.3, -0.25) is 19.3 Å². The molecule has 3 aliphatic heterocycles. The molecule has 0 saturated carbocycles. The lowest BCUT2D eigenvalue weighted by molar-refractivity contribution is -0.540. The molecule has 0 atom stereocenters. The minimum atomic E-state index is -0.801.